The second kappa shape index (κ2) is 4.85. The van der Waals surface area contributed by atoms with Crippen LogP contribution in [0.5, 0.6) is 5.75 Å². The van der Waals surface area contributed by atoms with Crippen molar-refractivity contribution in [2.45, 2.75) is 12.8 Å². The van der Waals surface area contributed by atoms with Crippen molar-refractivity contribution in [1.29, 1.82) is 0 Å². The standard InChI is InChI=1S/C13H20N2O/c1-9-5-11(16-2)3-4-12(9)13-8-15-7-10(13)6-14/h3-5,10,13,15H,6-8,14H2,1-2H3. The van der Waals surface area contributed by atoms with Crippen LogP contribution in [0.2, 0.25) is 0 Å². The Hall–Kier alpha value is -1.06. The van der Waals surface area contributed by atoms with Crippen molar-refractivity contribution in [2.75, 3.05) is 26.7 Å². The smallest absolute Gasteiger partial charge is 0.119 e. The average molecular weight is 220 g/mol. The third-order valence-electron chi connectivity index (χ3n) is 3.52. The second-order valence-electron chi connectivity index (χ2n) is 4.48. The summed E-state index contributed by atoms with van der Waals surface area (Å²) in [5.74, 6) is 2.04. The van der Waals surface area contributed by atoms with Crippen molar-refractivity contribution in [1.82, 2.24) is 5.32 Å². The zero-order chi connectivity index (χ0) is 11.5. The first-order chi connectivity index (χ1) is 7.76. The normalized spacial score (nSPS) is 24.7. The summed E-state index contributed by atoms with van der Waals surface area (Å²) in [6.07, 6.45) is 0. The van der Waals surface area contributed by atoms with Crippen LogP contribution in [-0.4, -0.2) is 26.7 Å². The topological polar surface area (TPSA) is 47.3 Å². The Labute approximate surface area is 97.0 Å². The minimum Gasteiger partial charge on any atom is -0.497 e. The maximum Gasteiger partial charge on any atom is 0.119 e. The Bertz CT molecular complexity index is 365. The van der Waals surface area contributed by atoms with Gasteiger partial charge in [0.25, 0.3) is 0 Å². The first-order valence-electron chi connectivity index (χ1n) is 5.81. The van der Waals surface area contributed by atoms with E-state index in [0.717, 1.165) is 25.4 Å². The number of ether oxygens (including phenoxy) is 1. The molecule has 88 valence electrons. The van der Waals surface area contributed by atoms with Gasteiger partial charge in [-0.15, -0.1) is 0 Å². The molecule has 3 N–H and O–H groups in total. The maximum absolute atomic E-state index is 5.80. The highest BCUT2D eigenvalue weighted by atomic mass is 16.5. The van der Waals surface area contributed by atoms with E-state index in [1.165, 1.54) is 11.1 Å². The lowest BCUT2D eigenvalue weighted by molar-refractivity contribution is 0.414. The highest BCUT2D eigenvalue weighted by Gasteiger charge is 2.28. The molecular formula is C13H20N2O. The van der Waals surface area contributed by atoms with Crippen molar-refractivity contribution in [2.24, 2.45) is 11.7 Å². The third-order valence-corrected chi connectivity index (χ3v) is 3.52. The Kier molecular flexibility index (Phi) is 3.46. The van der Waals surface area contributed by atoms with E-state index in [9.17, 15) is 0 Å². The molecule has 1 aromatic rings. The van der Waals surface area contributed by atoms with E-state index in [4.69, 9.17) is 10.5 Å². The Morgan fingerprint density at radius 1 is 1.44 bits per heavy atom. The van der Waals surface area contributed by atoms with E-state index in [2.05, 4.69) is 24.4 Å². The fourth-order valence-electron chi connectivity index (χ4n) is 2.54. The fourth-order valence-corrected chi connectivity index (χ4v) is 2.54. The van der Waals surface area contributed by atoms with Crippen LogP contribution in [0.4, 0.5) is 0 Å². The molecule has 1 fully saturated rings. The summed E-state index contributed by atoms with van der Waals surface area (Å²) in [5, 5.41) is 3.42. The van der Waals surface area contributed by atoms with Crippen LogP contribution in [-0.2, 0) is 0 Å². The molecule has 1 aliphatic heterocycles. The number of hydrogen-bond donors (Lipinski definition) is 2. The zero-order valence-corrected chi connectivity index (χ0v) is 9.99. The Morgan fingerprint density at radius 2 is 2.25 bits per heavy atom. The van der Waals surface area contributed by atoms with Crippen LogP contribution in [0.1, 0.15) is 17.0 Å². The number of nitrogens with one attached hydrogen (secondary N) is 1. The van der Waals surface area contributed by atoms with Gasteiger partial charge in [-0.1, -0.05) is 6.07 Å². The predicted molar refractivity (Wildman–Crippen MR) is 65.9 cm³/mol. The van der Waals surface area contributed by atoms with Crippen LogP contribution in [0, 0.1) is 12.8 Å². The number of benzene rings is 1. The van der Waals surface area contributed by atoms with E-state index in [-0.39, 0.29) is 0 Å². The Balaban J connectivity index is 2.26. The molecule has 0 aromatic heterocycles. The molecular weight excluding hydrogens is 200 g/mol. The highest BCUT2D eigenvalue weighted by Crippen LogP contribution is 2.31. The fraction of sp³-hybridized carbons (Fsp3) is 0.538. The number of methoxy groups -OCH3 is 1. The molecule has 1 heterocycles. The summed E-state index contributed by atoms with van der Waals surface area (Å²) in [5.41, 5.74) is 8.50. The highest BCUT2D eigenvalue weighted by molar-refractivity contribution is 5.38. The number of aryl methyl sites for hydroxylation is 1. The van der Waals surface area contributed by atoms with E-state index in [1.807, 2.05) is 6.07 Å². The Morgan fingerprint density at radius 3 is 2.88 bits per heavy atom. The zero-order valence-electron chi connectivity index (χ0n) is 9.99. The molecule has 1 aliphatic rings. The van der Waals surface area contributed by atoms with Gasteiger partial charge in [-0.3, -0.25) is 0 Å². The lowest BCUT2D eigenvalue weighted by Gasteiger charge is -2.19. The average Bonchev–Trinajstić information content (AvgIpc) is 2.76. The second-order valence-corrected chi connectivity index (χ2v) is 4.48. The van der Waals surface area contributed by atoms with E-state index >= 15 is 0 Å². The van der Waals surface area contributed by atoms with Crippen LogP contribution < -0.4 is 15.8 Å². The number of hydrogen-bond acceptors (Lipinski definition) is 3. The molecule has 16 heavy (non-hydrogen) atoms. The van der Waals surface area contributed by atoms with Crippen molar-refractivity contribution >= 4 is 0 Å². The molecule has 0 saturated carbocycles. The molecule has 2 unspecified atom stereocenters. The van der Waals surface area contributed by atoms with Gasteiger partial charge in [-0.25, -0.2) is 0 Å². The van der Waals surface area contributed by atoms with Crippen LogP contribution in [0.3, 0.4) is 0 Å². The third kappa shape index (κ3) is 2.06. The van der Waals surface area contributed by atoms with Crippen molar-refractivity contribution in [3.63, 3.8) is 0 Å². The lowest BCUT2D eigenvalue weighted by Crippen LogP contribution is -2.21. The van der Waals surface area contributed by atoms with Crippen LogP contribution >= 0.6 is 0 Å². The first kappa shape index (κ1) is 11.4. The van der Waals surface area contributed by atoms with Gasteiger partial charge in [0.1, 0.15) is 5.75 Å². The predicted octanol–water partition coefficient (Wildman–Crippen LogP) is 1.27. The first-order valence-corrected chi connectivity index (χ1v) is 5.81. The van der Waals surface area contributed by atoms with E-state index in [1.54, 1.807) is 7.11 Å². The van der Waals surface area contributed by atoms with E-state index in [0.29, 0.717) is 11.8 Å². The summed E-state index contributed by atoms with van der Waals surface area (Å²) in [6.45, 7) is 4.97. The number of rotatable bonds is 3. The van der Waals surface area contributed by atoms with Gasteiger partial charge in [0.15, 0.2) is 0 Å². The minimum atomic E-state index is 0.552. The molecule has 0 aliphatic carbocycles. The summed E-state index contributed by atoms with van der Waals surface area (Å²) in [4.78, 5) is 0. The summed E-state index contributed by atoms with van der Waals surface area (Å²) < 4.78 is 5.23. The minimum absolute atomic E-state index is 0.552. The van der Waals surface area contributed by atoms with Gasteiger partial charge in [0, 0.05) is 12.5 Å². The van der Waals surface area contributed by atoms with Gasteiger partial charge in [-0.05, 0) is 49.2 Å². The summed E-state index contributed by atoms with van der Waals surface area (Å²) in [6, 6.07) is 6.31. The van der Waals surface area contributed by atoms with Gasteiger partial charge in [-0.2, -0.15) is 0 Å². The van der Waals surface area contributed by atoms with Crippen molar-refractivity contribution in [3.8, 4) is 5.75 Å². The molecule has 1 saturated heterocycles. The quantitative estimate of drug-likeness (QED) is 0.806. The van der Waals surface area contributed by atoms with Crippen LogP contribution in [0.25, 0.3) is 0 Å². The molecule has 0 radical (unpaired) electrons. The summed E-state index contributed by atoms with van der Waals surface area (Å²) >= 11 is 0. The molecule has 3 heteroatoms. The molecule has 2 rings (SSSR count). The van der Waals surface area contributed by atoms with Gasteiger partial charge >= 0.3 is 0 Å². The monoisotopic (exact) mass is 220 g/mol. The molecule has 3 nitrogen and oxygen atoms in total. The lowest BCUT2D eigenvalue weighted by atomic mass is 9.86. The van der Waals surface area contributed by atoms with Crippen molar-refractivity contribution < 1.29 is 4.74 Å². The molecule has 0 bridgehead atoms. The largest absolute Gasteiger partial charge is 0.497 e. The molecule has 1 aromatic carbocycles. The SMILES string of the molecule is COc1ccc(C2CNCC2CN)c(C)c1. The van der Waals surface area contributed by atoms with Gasteiger partial charge in [0.2, 0.25) is 0 Å². The summed E-state index contributed by atoms with van der Waals surface area (Å²) in [7, 11) is 1.70. The molecule has 0 amide bonds. The maximum atomic E-state index is 5.80. The van der Waals surface area contributed by atoms with Gasteiger partial charge in [0.05, 0.1) is 7.11 Å². The molecule has 0 spiro atoms. The van der Waals surface area contributed by atoms with E-state index < -0.39 is 0 Å². The van der Waals surface area contributed by atoms with Gasteiger partial charge < -0.3 is 15.8 Å². The van der Waals surface area contributed by atoms with Crippen LogP contribution in [0.15, 0.2) is 18.2 Å². The molecule has 2 atom stereocenters. The van der Waals surface area contributed by atoms with Crippen molar-refractivity contribution in [3.05, 3.63) is 29.3 Å². The number of nitrogens with two attached hydrogens (primary N) is 1.